The molecule has 0 radical (unpaired) electrons. The molecule has 0 rings (SSSR count). The molecule has 0 saturated heterocycles. The zero-order valence-corrected chi connectivity index (χ0v) is 6.47. The summed E-state index contributed by atoms with van der Waals surface area (Å²) in [5.41, 5.74) is 0. The van der Waals surface area contributed by atoms with Crippen molar-refractivity contribution in [3.05, 3.63) is 0 Å². The third kappa shape index (κ3) is 6.20. The van der Waals surface area contributed by atoms with Crippen LogP contribution in [0.4, 0.5) is 13.2 Å². The summed E-state index contributed by atoms with van der Waals surface area (Å²) in [6.07, 6.45) is -4.20. The van der Waals surface area contributed by atoms with Gasteiger partial charge in [-0.2, -0.15) is 13.2 Å². The van der Waals surface area contributed by atoms with Crippen LogP contribution in [0.2, 0.25) is 0 Å². The average molecular weight is 175 g/mol. The predicted molar refractivity (Wildman–Crippen MR) is 35.2 cm³/mol. The maximum atomic E-state index is 11.5. The SMILES string of the molecule is CCC(Cl)CCC(F)(F)F. The zero-order chi connectivity index (χ0) is 8.20. The van der Waals surface area contributed by atoms with Crippen LogP contribution in [0.1, 0.15) is 26.2 Å². The molecule has 0 amide bonds. The van der Waals surface area contributed by atoms with Gasteiger partial charge in [0.15, 0.2) is 0 Å². The number of rotatable bonds is 3. The van der Waals surface area contributed by atoms with Crippen LogP contribution in [0, 0.1) is 0 Å². The van der Waals surface area contributed by atoms with E-state index in [-0.39, 0.29) is 11.8 Å². The minimum Gasteiger partial charge on any atom is -0.171 e. The summed E-state index contributed by atoms with van der Waals surface area (Å²) in [6, 6.07) is 0. The Morgan fingerprint density at radius 2 is 1.90 bits per heavy atom. The van der Waals surface area contributed by atoms with Gasteiger partial charge < -0.3 is 0 Å². The first-order chi connectivity index (χ1) is 4.45. The lowest BCUT2D eigenvalue weighted by atomic mass is 10.2. The molecule has 1 unspecified atom stereocenters. The van der Waals surface area contributed by atoms with Gasteiger partial charge in [-0.1, -0.05) is 6.92 Å². The summed E-state index contributed by atoms with van der Waals surface area (Å²) in [5.74, 6) is 0. The Kier molecular flexibility index (Phi) is 4.09. The van der Waals surface area contributed by atoms with Gasteiger partial charge in [-0.15, -0.1) is 11.6 Å². The Morgan fingerprint density at radius 1 is 1.40 bits per heavy atom. The predicted octanol–water partition coefficient (Wildman–Crippen LogP) is 3.35. The molecule has 0 aromatic rings. The molecule has 0 N–H and O–H groups in total. The smallest absolute Gasteiger partial charge is 0.171 e. The molecule has 4 heteroatoms. The van der Waals surface area contributed by atoms with Crippen molar-refractivity contribution in [2.75, 3.05) is 0 Å². The fourth-order valence-electron chi connectivity index (χ4n) is 0.524. The quantitative estimate of drug-likeness (QED) is 0.576. The standard InChI is InChI=1S/C6H10ClF3/c1-2-5(7)3-4-6(8,9)10/h5H,2-4H2,1H3. The van der Waals surface area contributed by atoms with E-state index >= 15 is 0 Å². The van der Waals surface area contributed by atoms with Crippen molar-refractivity contribution >= 4 is 11.6 Å². The lowest BCUT2D eigenvalue weighted by Crippen LogP contribution is -2.10. The van der Waals surface area contributed by atoms with Crippen LogP contribution in [0.15, 0.2) is 0 Å². The molecular weight excluding hydrogens is 165 g/mol. The summed E-state index contributed by atoms with van der Waals surface area (Å²) in [6.45, 7) is 1.77. The van der Waals surface area contributed by atoms with E-state index in [1.54, 1.807) is 6.92 Å². The molecule has 0 spiro atoms. The topological polar surface area (TPSA) is 0 Å². The van der Waals surface area contributed by atoms with E-state index in [1.165, 1.54) is 0 Å². The van der Waals surface area contributed by atoms with Gasteiger partial charge in [0.05, 0.1) is 0 Å². The van der Waals surface area contributed by atoms with Crippen molar-refractivity contribution in [2.45, 2.75) is 37.7 Å². The minimum absolute atomic E-state index is 0.0293. The highest BCUT2D eigenvalue weighted by molar-refractivity contribution is 6.20. The van der Waals surface area contributed by atoms with Crippen molar-refractivity contribution in [3.63, 3.8) is 0 Å². The third-order valence-corrected chi connectivity index (χ3v) is 1.71. The number of hydrogen-bond donors (Lipinski definition) is 0. The Labute approximate surface area is 63.4 Å². The fraction of sp³-hybridized carbons (Fsp3) is 1.00. The van der Waals surface area contributed by atoms with Crippen molar-refractivity contribution < 1.29 is 13.2 Å². The summed E-state index contributed by atoms with van der Waals surface area (Å²) in [4.78, 5) is 0. The second kappa shape index (κ2) is 4.06. The van der Waals surface area contributed by atoms with Crippen LogP contribution in [0.5, 0.6) is 0 Å². The summed E-state index contributed by atoms with van der Waals surface area (Å²) in [7, 11) is 0. The van der Waals surface area contributed by atoms with Gasteiger partial charge >= 0.3 is 6.18 Å². The summed E-state index contributed by atoms with van der Waals surface area (Å²) >= 11 is 5.47. The highest BCUT2D eigenvalue weighted by Gasteiger charge is 2.27. The monoisotopic (exact) mass is 174 g/mol. The van der Waals surface area contributed by atoms with E-state index in [0.29, 0.717) is 6.42 Å². The largest absolute Gasteiger partial charge is 0.389 e. The second-order valence-electron chi connectivity index (χ2n) is 2.16. The molecule has 62 valence electrons. The second-order valence-corrected chi connectivity index (χ2v) is 2.78. The van der Waals surface area contributed by atoms with Gasteiger partial charge in [0.2, 0.25) is 0 Å². The van der Waals surface area contributed by atoms with Crippen LogP contribution in [0.25, 0.3) is 0 Å². The first-order valence-electron chi connectivity index (χ1n) is 3.16. The van der Waals surface area contributed by atoms with E-state index in [1.807, 2.05) is 0 Å². The average Bonchev–Trinajstić information content (AvgIpc) is 1.81. The molecular formula is C6H10ClF3. The normalized spacial score (nSPS) is 15.3. The van der Waals surface area contributed by atoms with E-state index in [9.17, 15) is 13.2 Å². The van der Waals surface area contributed by atoms with E-state index in [2.05, 4.69) is 0 Å². The van der Waals surface area contributed by atoms with Crippen molar-refractivity contribution in [3.8, 4) is 0 Å². The Balaban J connectivity index is 3.36. The molecule has 10 heavy (non-hydrogen) atoms. The summed E-state index contributed by atoms with van der Waals surface area (Å²) in [5, 5.41) is -0.332. The lowest BCUT2D eigenvalue weighted by molar-refractivity contribution is -0.135. The molecule has 1 atom stereocenters. The van der Waals surface area contributed by atoms with E-state index in [4.69, 9.17) is 11.6 Å². The van der Waals surface area contributed by atoms with Crippen LogP contribution in [-0.4, -0.2) is 11.6 Å². The molecule has 0 saturated carbocycles. The zero-order valence-electron chi connectivity index (χ0n) is 5.71. The number of hydrogen-bond acceptors (Lipinski definition) is 0. The van der Waals surface area contributed by atoms with Gasteiger partial charge in [-0.05, 0) is 12.8 Å². The van der Waals surface area contributed by atoms with E-state index < -0.39 is 12.6 Å². The molecule has 0 aliphatic heterocycles. The number of halogens is 4. The van der Waals surface area contributed by atoms with Gasteiger partial charge in [0.25, 0.3) is 0 Å². The minimum atomic E-state index is -4.05. The molecule has 0 heterocycles. The third-order valence-electron chi connectivity index (χ3n) is 1.18. The molecule has 0 aromatic carbocycles. The highest BCUT2D eigenvalue weighted by Crippen LogP contribution is 2.24. The first-order valence-corrected chi connectivity index (χ1v) is 3.60. The maximum Gasteiger partial charge on any atom is 0.389 e. The summed E-state index contributed by atoms with van der Waals surface area (Å²) < 4.78 is 34.5. The van der Waals surface area contributed by atoms with Crippen molar-refractivity contribution in [2.24, 2.45) is 0 Å². The van der Waals surface area contributed by atoms with Crippen LogP contribution < -0.4 is 0 Å². The fourth-order valence-corrected chi connectivity index (χ4v) is 0.634. The Hall–Kier alpha value is 0.0800. The van der Waals surface area contributed by atoms with Gasteiger partial charge in [0.1, 0.15) is 0 Å². The van der Waals surface area contributed by atoms with Gasteiger partial charge in [-0.3, -0.25) is 0 Å². The maximum absolute atomic E-state index is 11.5. The Morgan fingerprint density at radius 3 is 2.20 bits per heavy atom. The van der Waals surface area contributed by atoms with Crippen molar-refractivity contribution in [1.82, 2.24) is 0 Å². The lowest BCUT2D eigenvalue weighted by Gasteiger charge is -2.08. The first kappa shape index (κ1) is 10.1. The van der Waals surface area contributed by atoms with E-state index in [0.717, 1.165) is 0 Å². The molecule has 0 bridgehead atoms. The van der Waals surface area contributed by atoms with Crippen LogP contribution in [0.3, 0.4) is 0 Å². The molecule has 0 aliphatic carbocycles. The Bertz CT molecular complexity index is 89.5. The molecule has 0 aromatic heterocycles. The highest BCUT2D eigenvalue weighted by atomic mass is 35.5. The van der Waals surface area contributed by atoms with Crippen LogP contribution >= 0.6 is 11.6 Å². The van der Waals surface area contributed by atoms with Gasteiger partial charge in [0, 0.05) is 11.8 Å². The molecule has 0 fully saturated rings. The number of alkyl halides is 4. The van der Waals surface area contributed by atoms with Crippen molar-refractivity contribution in [1.29, 1.82) is 0 Å². The van der Waals surface area contributed by atoms with Crippen LogP contribution in [-0.2, 0) is 0 Å². The molecule has 0 aliphatic rings. The molecule has 0 nitrogen and oxygen atoms in total. The van der Waals surface area contributed by atoms with Gasteiger partial charge in [-0.25, -0.2) is 0 Å².